The number of hydrogen-bond acceptors (Lipinski definition) is 7. The number of rotatable bonds is 6. The van der Waals surface area contributed by atoms with E-state index in [1.165, 1.54) is 18.0 Å². The third-order valence-corrected chi connectivity index (χ3v) is 5.72. The van der Waals surface area contributed by atoms with Crippen molar-refractivity contribution in [2.24, 2.45) is 5.73 Å². The van der Waals surface area contributed by atoms with E-state index in [0.29, 0.717) is 23.8 Å². The Morgan fingerprint density at radius 3 is 2.55 bits per heavy atom. The molecule has 0 saturated carbocycles. The van der Waals surface area contributed by atoms with Crippen LogP contribution in [-0.4, -0.2) is 58.3 Å². The van der Waals surface area contributed by atoms with Crippen LogP contribution in [0.25, 0.3) is 11.1 Å². The van der Waals surface area contributed by atoms with E-state index in [-0.39, 0.29) is 24.3 Å². The summed E-state index contributed by atoms with van der Waals surface area (Å²) in [4.78, 5) is 4.72. The van der Waals surface area contributed by atoms with Crippen LogP contribution in [0.2, 0.25) is 5.02 Å². The molecule has 0 aliphatic carbocycles. The fourth-order valence-electron chi connectivity index (χ4n) is 3.01. The first kappa shape index (κ1) is 25.5. The fraction of sp³-hybridized carbons (Fsp3) is 0.333. The number of ether oxygens (including phenoxy) is 2. The Hall–Kier alpha value is -2.15. The predicted octanol–water partition coefficient (Wildman–Crippen LogP) is 3.66. The second-order valence-electron chi connectivity index (χ2n) is 7.10. The molecule has 3 N–H and O–H groups in total. The number of halogens is 4. The molecule has 3 aromatic rings. The molecular formula is C21H22ClF3N4O3S. The largest absolute Gasteiger partial charge is 0.381 e. The summed E-state index contributed by atoms with van der Waals surface area (Å²) in [6, 6.07) is 3.33. The first-order chi connectivity index (χ1) is 15.8. The van der Waals surface area contributed by atoms with Gasteiger partial charge in [-0.05, 0) is 23.8 Å². The standard InChI is InChI=1S/C13H12F3N3O.C8H10ClNO2S/c14-9-1-7(2-10(15)13(9)16)8-3-18-19(4-8)12-6-20-5-11(12)17;1-12-5-8(11)13-7-2-6(9)3-10-4-7/h1-4,11-12H,5-6,17H2;2-4,8,11H,5H2,1H3/t11?,12-;/m1./s1. The molecule has 4 rings (SSSR count). The van der Waals surface area contributed by atoms with Crippen LogP contribution in [0.1, 0.15) is 6.04 Å². The number of benzene rings is 1. The van der Waals surface area contributed by atoms with Gasteiger partial charge in [0.15, 0.2) is 17.5 Å². The number of aliphatic hydroxyl groups is 1. The van der Waals surface area contributed by atoms with Gasteiger partial charge in [-0.1, -0.05) is 23.4 Å². The van der Waals surface area contributed by atoms with Crippen LogP contribution < -0.4 is 5.73 Å². The highest BCUT2D eigenvalue weighted by Gasteiger charge is 2.27. The monoisotopic (exact) mass is 502 g/mol. The van der Waals surface area contributed by atoms with Crippen molar-refractivity contribution in [1.82, 2.24) is 14.8 Å². The molecule has 0 bridgehead atoms. The number of aromatic nitrogens is 3. The highest BCUT2D eigenvalue weighted by Crippen LogP contribution is 2.26. The molecule has 1 saturated heterocycles. The summed E-state index contributed by atoms with van der Waals surface area (Å²) >= 11 is 6.98. The summed E-state index contributed by atoms with van der Waals surface area (Å²) in [6.45, 7) is 1.17. The summed E-state index contributed by atoms with van der Waals surface area (Å²) in [6.07, 6.45) is 6.27. The van der Waals surface area contributed by atoms with Crippen LogP contribution in [0, 0.1) is 17.5 Å². The second-order valence-corrected chi connectivity index (χ2v) is 8.79. The third kappa shape index (κ3) is 6.92. The second kappa shape index (κ2) is 11.8. The minimum absolute atomic E-state index is 0.112. The van der Waals surface area contributed by atoms with Gasteiger partial charge >= 0.3 is 0 Å². The summed E-state index contributed by atoms with van der Waals surface area (Å²) in [7, 11) is 1.54. The van der Waals surface area contributed by atoms with Crippen LogP contribution in [0.4, 0.5) is 13.2 Å². The maximum Gasteiger partial charge on any atom is 0.194 e. The minimum atomic E-state index is -1.48. The number of nitrogens with two attached hydrogens (primary N) is 1. The van der Waals surface area contributed by atoms with Crippen molar-refractivity contribution in [3.63, 3.8) is 0 Å². The highest BCUT2D eigenvalue weighted by atomic mass is 35.5. The average molecular weight is 503 g/mol. The zero-order valence-corrected chi connectivity index (χ0v) is 19.1. The molecule has 1 aliphatic rings. The molecule has 0 amide bonds. The third-order valence-electron chi connectivity index (χ3n) is 4.61. The Kier molecular flexibility index (Phi) is 9.12. The van der Waals surface area contributed by atoms with Crippen LogP contribution >= 0.6 is 23.4 Å². The van der Waals surface area contributed by atoms with Crippen molar-refractivity contribution in [3.05, 3.63) is 65.5 Å². The quantitative estimate of drug-likeness (QED) is 0.302. The van der Waals surface area contributed by atoms with Crippen molar-refractivity contribution >= 4 is 23.4 Å². The molecule has 0 radical (unpaired) electrons. The Bertz CT molecular complexity index is 1050. The lowest BCUT2D eigenvalue weighted by Crippen LogP contribution is -2.31. The van der Waals surface area contributed by atoms with Gasteiger partial charge in [0.1, 0.15) is 5.44 Å². The normalized spacial score (nSPS) is 18.6. The Morgan fingerprint density at radius 2 is 1.94 bits per heavy atom. The van der Waals surface area contributed by atoms with E-state index in [2.05, 4.69) is 10.1 Å². The molecule has 1 aromatic carbocycles. The van der Waals surface area contributed by atoms with Crippen molar-refractivity contribution in [3.8, 4) is 11.1 Å². The first-order valence-electron chi connectivity index (χ1n) is 9.75. The minimum Gasteiger partial charge on any atom is -0.381 e. The van der Waals surface area contributed by atoms with Crippen LogP contribution in [0.3, 0.4) is 0 Å². The van der Waals surface area contributed by atoms with Crippen LogP contribution in [0.15, 0.2) is 47.9 Å². The SMILES string of the molecule is COCC(O)Sc1cncc(Cl)c1.NC1COC[C@H]1n1cc(-c2cc(F)c(F)c(F)c2)cn1. The molecule has 3 atom stereocenters. The van der Waals surface area contributed by atoms with Gasteiger partial charge in [0.25, 0.3) is 0 Å². The first-order valence-corrected chi connectivity index (χ1v) is 11.0. The van der Waals surface area contributed by atoms with Crippen molar-refractivity contribution < 1.29 is 27.8 Å². The predicted molar refractivity (Wildman–Crippen MR) is 118 cm³/mol. The lowest BCUT2D eigenvalue weighted by Gasteiger charge is -2.13. The lowest BCUT2D eigenvalue weighted by molar-refractivity contribution is 0.116. The van der Waals surface area contributed by atoms with E-state index in [9.17, 15) is 18.3 Å². The van der Waals surface area contributed by atoms with Crippen LogP contribution in [-0.2, 0) is 9.47 Å². The number of aliphatic hydroxyl groups excluding tert-OH is 1. The van der Waals surface area contributed by atoms with Gasteiger partial charge in [0.05, 0.1) is 43.1 Å². The molecule has 12 heteroatoms. The van der Waals surface area contributed by atoms with E-state index in [0.717, 1.165) is 17.0 Å². The van der Waals surface area contributed by atoms with Gasteiger partial charge in [0.2, 0.25) is 0 Å². The summed E-state index contributed by atoms with van der Waals surface area (Å²) in [5.74, 6) is -3.94. The molecule has 178 valence electrons. The average Bonchev–Trinajstić information content (AvgIpc) is 3.41. The fourth-order valence-corrected chi connectivity index (χ4v) is 4.09. The molecule has 3 heterocycles. The molecule has 1 aliphatic heterocycles. The van der Waals surface area contributed by atoms with Gasteiger partial charge in [-0.3, -0.25) is 9.67 Å². The van der Waals surface area contributed by atoms with Gasteiger partial charge in [-0.25, -0.2) is 13.2 Å². The maximum atomic E-state index is 13.2. The molecule has 2 aromatic heterocycles. The Labute approximate surface area is 197 Å². The molecule has 0 spiro atoms. The van der Waals surface area contributed by atoms with E-state index >= 15 is 0 Å². The van der Waals surface area contributed by atoms with Gasteiger partial charge in [-0.15, -0.1) is 0 Å². The molecule has 1 fully saturated rings. The van der Waals surface area contributed by atoms with E-state index in [1.807, 2.05) is 0 Å². The van der Waals surface area contributed by atoms with E-state index < -0.39 is 22.9 Å². The molecule has 33 heavy (non-hydrogen) atoms. The van der Waals surface area contributed by atoms with Crippen molar-refractivity contribution in [2.75, 3.05) is 26.9 Å². The topological polar surface area (TPSA) is 95.4 Å². The zero-order chi connectivity index (χ0) is 24.0. The summed E-state index contributed by atoms with van der Waals surface area (Å²) in [5, 5.41) is 14.0. The zero-order valence-electron chi connectivity index (χ0n) is 17.5. The van der Waals surface area contributed by atoms with E-state index in [1.54, 1.807) is 36.4 Å². The molecule has 2 unspecified atom stereocenters. The summed E-state index contributed by atoms with van der Waals surface area (Å²) < 4.78 is 51.0. The van der Waals surface area contributed by atoms with Gasteiger partial charge in [-0.2, -0.15) is 5.10 Å². The maximum absolute atomic E-state index is 13.2. The molecular weight excluding hydrogens is 481 g/mol. The van der Waals surface area contributed by atoms with Crippen LogP contribution in [0.5, 0.6) is 0 Å². The molecule has 7 nitrogen and oxygen atoms in total. The van der Waals surface area contributed by atoms with Crippen molar-refractivity contribution in [2.45, 2.75) is 22.4 Å². The number of hydrogen-bond donors (Lipinski definition) is 2. The Balaban J connectivity index is 0.000000205. The smallest absolute Gasteiger partial charge is 0.194 e. The van der Waals surface area contributed by atoms with E-state index in [4.69, 9.17) is 26.8 Å². The Morgan fingerprint density at radius 1 is 1.21 bits per heavy atom. The highest BCUT2D eigenvalue weighted by molar-refractivity contribution is 7.99. The number of thioether (sulfide) groups is 1. The van der Waals surface area contributed by atoms with Crippen molar-refractivity contribution in [1.29, 1.82) is 0 Å². The van der Waals surface area contributed by atoms with Gasteiger partial charge < -0.3 is 20.3 Å². The number of nitrogens with zero attached hydrogens (tertiary/aromatic N) is 3. The number of pyridine rings is 1. The lowest BCUT2D eigenvalue weighted by atomic mass is 10.1. The van der Waals surface area contributed by atoms with Gasteiger partial charge in [0, 0.05) is 36.2 Å². The number of methoxy groups -OCH3 is 1. The summed E-state index contributed by atoms with van der Waals surface area (Å²) in [5.41, 5.74) is 6.00.